The molecule has 2 aromatic rings. The van der Waals surface area contributed by atoms with Crippen molar-refractivity contribution in [1.29, 1.82) is 0 Å². The summed E-state index contributed by atoms with van der Waals surface area (Å²) < 4.78 is 15.8. The SMILES string of the molecule is COc1ccc(CC(=O)N2CC(c3nc(C4CC4)no3)C2)cc1OC. The number of carbonyl (C=O) groups is 1. The van der Waals surface area contributed by atoms with Gasteiger partial charge in [0.05, 0.1) is 26.6 Å². The van der Waals surface area contributed by atoms with Crippen LogP contribution in [0.2, 0.25) is 0 Å². The van der Waals surface area contributed by atoms with Gasteiger partial charge in [0.25, 0.3) is 0 Å². The summed E-state index contributed by atoms with van der Waals surface area (Å²) in [6.45, 7) is 1.27. The Morgan fingerprint density at radius 3 is 2.64 bits per heavy atom. The van der Waals surface area contributed by atoms with Gasteiger partial charge in [0, 0.05) is 19.0 Å². The number of rotatable bonds is 6. The zero-order chi connectivity index (χ0) is 17.4. The molecular formula is C18H21N3O4. The zero-order valence-corrected chi connectivity index (χ0v) is 14.4. The Kier molecular flexibility index (Phi) is 4.07. The van der Waals surface area contributed by atoms with Crippen LogP contribution in [0.1, 0.15) is 42.0 Å². The van der Waals surface area contributed by atoms with Crippen molar-refractivity contribution in [2.75, 3.05) is 27.3 Å². The fourth-order valence-electron chi connectivity index (χ4n) is 3.04. The second-order valence-electron chi connectivity index (χ2n) is 6.63. The summed E-state index contributed by atoms with van der Waals surface area (Å²) in [6, 6.07) is 5.54. The minimum Gasteiger partial charge on any atom is -0.493 e. The first-order valence-electron chi connectivity index (χ1n) is 8.50. The number of carbonyl (C=O) groups excluding carboxylic acids is 1. The van der Waals surface area contributed by atoms with Gasteiger partial charge in [-0.05, 0) is 30.5 Å². The predicted octanol–water partition coefficient (Wildman–Crippen LogP) is 2.13. The lowest BCUT2D eigenvalue weighted by molar-refractivity contribution is -0.135. The van der Waals surface area contributed by atoms with Gasteiger partial charge in [-0.15, -0.1) is 0 Å². The van der Waals surface area contributed by atoms with Crippen LogP contribution in [0.15, 0.2) is 22.7 Å². The first-order chi connectivity index (χ1) is 12.2. The number of hydrogen-bond acceptors (Lipinski definition) is 6. The molecule has 0 N–H and O–H groups in total. The second kappa shape index (κ2) is 6.38. The van der Waals surface area contributed by atoms with Crippen LogP contribution in [-0.2, 0) is 11.2 Å². The molecule has 2 aliphatic rings. The van der Waals surface area contributed by atoms with E-state index < -0.39 is 0 Å². The van der Waals surface area contributed by atoms with Crippen molar-refractivity contribution in [2.24, 2.45) is 0 Å². The summed E-state index contributed by atoms with van der Waals surface area (Å²) in [5.74, 6) is 3.51. The molecule has 7 nitrogen and oxygen atoms in total. The van der Waals surface area contributed by atoms with Crippen molar-refractivity contribution in [2.45, 2.75) is 31.1 Å². The number of methoxy groups -OCH3 is 2. The van der Waals surface area contributed by atoms with Gasteiger partial charge in [0.2, 0.25) is 11.8 Å². The predicted molar refractivity (Wildman–Crippen MR) is 88.8 cm³/mol. The molecule has 2 fully saturated rings. The summed E-state index contributed by atoms with van der Waals surface area (Å²) in [7, 11) is 3.18. The number of likely N-dealkylation sites (tertiary alicyclic amines) is 1. The van der Waals surface area contributed by atoms with E-state index in [-0.39, 0.29) is 11.8 Å². The first-order valence-corrected chi connectivity index (χ1v) is 8.50. The summed E-state index contributed by atoms with van der Waals surface area (Å²) in [5, 5.41) is 4.04. The molecule has 1 amide bonds. The monoisotopic (exact) mass is 343 g/mol. The van der Waals surface area contributed by atoms with E-state index in [0.717, 1.165) is 24.2 Å². The van der Waals surface area contributed by atoms with Gasteiger partial charge in [0.1, 0.15) is 0 Å². The maximum Gasteiger partial charge on any atom is 0.233 e. The maximum atomic E-state index is 12.4. The van der Waals surface area contributed by atoms with E-state index in [2.05, 4.69) is 10.1 Å². The van der Waals surface area contributed by atoms with Crippen molar-refractivity contribution < 1.29 is 18.8 Å². The molecule has 132 valence electrons. The van der Waals surface area contributed by atoms with Crippen LogP contribution in [-0.4, -0.2) is 48.3 Å². The topological polar surface area (TPSA) is 77.7 Å². The van der Waals surface area contributed by atoms with Gasteiger partial charge in [-0.1, -0.05) is 11.2 Å². The lowest BCUT2D eigenvalue weighted by Gasteiger charge is -2.37. The highest BCUT2D eigenvalue weighted by molar-refractivity contribution is 5.80. The Bertz CT molecular complexity index is 778. The van der Waals surface area contributed by atoms with E-state index in [9.17, 15) is 4.79 Å². The van der Waals surface area contributed by atoms with Crippen molar-refractivity contribution in [1.82, 2.24) is 15.0 Å². The molecule has 1 aromatic carbocycles. The van der Waals surface area contributed by atoms with E-state index in [0.29, 0.717) is 42.8 Å². The first kappa shape index (κ1) is 15.9. The molecule has 2 heterocycles. The molecule has 1 saturated carbocycles. The Morgan fingerprint density at radius 2 is 1.96 bits per heavy atom. The molecule has 0 bridgehead atoms. The molecule has 1 aliphatic heterocycles. The van der Waals surface area contributed by atoms with E-state index in [1.165, 1.54) is 0 Å². The van der Waals surface area contributed by atoms with Gasteiger partial charge in [0.15, 0.2) is 17.3 Å². The van der Waals surface area contributed by atoms with Crippen LogP contribution in [0.25, 0.3) is 0 Å². The highest BCUT2D eigenvalue weighted by Gasteiger charge is 2.37. The number of amides is 1. The smallest absolute Gasteiger partial charge is 0.233 e. The minimum atomic E-state index is 0.0883. The summed E-state index contributed by atoms with van der Waals surface area (Å²) in [4.78, 5) is 18.7. The molecular weight excluding hydrogens is 322 g/mol. The number of aromatic nitrogens is 2. The number of hydrogen-bond donors (Lipinski definition) is 0. The summed E-state index contributed by atoms with van der Waals surface area (Å²) in [5.41, 5.74) is 0.903. The van der Waals surface area contributed by atoms with Crippen molar-refractivity contribution >= 4 is 5.91 Å². The largest absolute Gasteiger partial charge is 0.493 e. The van der Waals surface area contributed by atoms with Crippen molar-refractivity contribution in [3.63, 3.8) is 0 Å². The van der Waals surface area contributed by atoms with Crippen molar-refractivity contribution in [3.8, 4) is 11.5 Å². The zero-order valence-electron chi connectivity index (χ0n) is 14.4. The molecule has 1 saturated heterocycles. The van der Waals surface area contributed by atoms with Crippen LogP contribution in [0.4, 0.5) is 0 Å². The average molecular weight is 343 g/mol. The minimum absolute atomic E-state index is 0.0883. The van der Waals surface area contributed by atoms with Crippen LogP contribution in [0, 0.1) is 0 Å². The lowest BCUT2D eigenvalue weighted by atomic mass is 9.98. The fourth-order valence-corrected chi connectivity index (χ4v) is 3.04. The van der Waals surface area contributed by atoms with Gasteiger partial charge in [-0.2, -0.15) is 4.98 Å². The van der Waals surface area contributed by atoms with Gasteiger partial charge in [-0.3, -0.25) is 4.79 Å². The summed E-state index contributed by atoms with van der Waals surface area (Å²) >= 11 is 0. The van der Waals surface area contributed by atoms with E-state index >= 15 is 0 Å². The Balaban J connectivity index is 1.33. The number of benzene rings is 1. The highest BCUT2D eigenvalue weighted by Crippen LogP contribution is 2.39. The molecule has 0 spiro atoms. The van der Waals surface area contributed by atoms with Crippen LogP contribution in [0.3, 0.4) is 0 Å². The molecule has 1 aliphatic carbocycles. The number of ether oxygens (including phenoxy) is 2. The van der Waals surface area contributed by atoms with Crippen molar-refractivity contribution in [3.05, 3.63) is 35.5 Å². The third-order valence-corrected chi connectivity index (χ3v) is 4.79. The molecule has 1 aromatic heterocycles. The third-order valence-electron chi connectivity index (χ3n) is 4.79. The third kappa shape index (κ3) is 3.18. The van der Waals surface area contributed by atoms with Crippen LogP contribution >= 0.6 is 0 Å². The average Bonchev–Trinajstić information content (AvgIpc) is 3.32. The Morgan fingerprint density at radius 1 is 1.20 bits per heavy atom. The maximum absolute atomic E-state index is 12.4. The van der Waals surface area contributed by atoms with E-state index in [1.54, 1.807) is 14.2 Å². The molecule has 0 radical (unpaired) electrons. The van der Waals surface area contributed by atoms with Gasteiger partial charge in [-0.25, -0.2) is 0 Å². The standard InChI is InChI=1S/C18H21N3O4/c1-23-14-6-3-11(7-15(14)24-2)8-16(22)21-9-13(10-21)18-19-17(20-25-18)12-4-5-12/h3,6-7,12-13H,4-5,8-10H2,1-2H3. The second-order valence-corrected chi connectivity index (χ2v) is 6.63. The highest BCUT2D eigenvalue weighted by atomic mass is 16.5. The Hall–Kier alpha value is -2.57. The van der Waals surface area contributed by atoms with Crippen LogP contribution in [0.5, 0.6) is 11.5 Å². The molecule has 0 atom stereocenters. The quantitative estimate of drug-likeness (QED) is 0.800. The fraction of sp³-hybridized carbons (Fsp3) is 0.500. The van der Waals surface area contributed by atoms with E-state index in [1.807, 2.05) is 23.1 Å². The number of nitrogens with zero attached hydrogens (tertiary/aromatic N) is 3. The Labute approximate surface area is 145 Å². The normalized spacial score (nSPS) is 17.3. The molecule has 25 heavy (non-hydrogen) atoms. The van der Waals surface area contributed by atoms with Gasteiger partial charge < -0.3 is 18.9 Å². The van der Waals surface area contributed by atoms with Gasteiger partial charge >= 0.3 is 0 Å². The summed E-state index contributed by atoms with van der Waals surface area (Å²) in [6.07, 6.45) is 2.64. The van der Waals surface area contributed by atoms with E-state index in [4.69, 9.17) is 14.0 Å². The van der Waals surface area contributed by atoms with Crippen LogP contribution < -0.4 is 9.47 Å². The molecule has 4 rings (SSSR count). The lowest BCUT2D eigenvalue weighted by Crippen LogP contribution is -2.49. The molecule has 0 unspecified atom stereocenters. The molecule has 7 heteroatoms.